The molecule has 0 saturated carbocycles. The molecule has 112 valence electrons. The molecule has 0 spiro atoms. The van der Waals surface area contributed by atoms with Crippen molar-refractivity contribution < 1.29 is 14.6 Å². The summed E-state index contributed by atoms with van der Waals surface area (Å²) in [6, 6.07) is 6.08. The summed E-state index contributed by atoms with van der Waals surface area (Å²) in [5.41, 5.74) is 1.13. The van der Waals surface area contributed by atoms with E-state index in [0.29, 0.717) is 13.2 Å². The van der Waals surface area contributed by atoms with Crippen molar-refractivity contribution in [1.29, 1.82) is 0 Å². The number of rotatable bonds is 4. The molecule has 0 bridgehead atoms. The number of hydrogen-bond acceptors (Lipinski definition) is 4. The van der Waals surface area contributed by atoms with Crippen molar-refractivity contribution in [2.75, 3.05) is 26.9 Å². The number of benzene rings is 1. The van der Waals surface area contributed by atoms with E-state index < -0.39 is 0 Å². The lowest BCUT2D eigenvalue weighted by atomic mass is 9.86. The molecule has 0 amide bonds. The summed E-state index contributed by atoms with van der Waals surface area (Å²) in [5, 5.41) is 9.65. The molecule has 4 heteroatoms. The maximum absolute atomic E-state index is 9.65. The van der Waals surface area contributed by atoms with Crippen molar-refractivity contribution in [2.24, 2.45) is 5.41 Å². The van der Waals surface area contributed by atoms with Gasteiger partial charge in [0, 0.05) is 18.2 Å². The van der Waals surface area contributed by atoms with E-state index in [0.717, 1.165) is 23.6 Å². The van der Waals surface area contributed by atoms with E-state index in [4.69, 9.17) is 9.47 Å². The van der Waals surface area contributed by atoms with Gasteiger partial charge in [0.1, 0.15) is 13.2 Å². The van der Waals surface area contributed by atoms with E-state index in [2.05, 4.69) is 31.7 Å². The van der Waals surface area contributed by atoms with Crippen LogP contribution in [-0.4, -0.2) is 42.9 Å². The molecule has 0 radical (unpaired) electrons. The SMILES string of the molecule is CN(Cc1cccc2c1OCCO2)C(CO)C(C)(C)C. The second-order valence-electron chi connectivity index (χ2n) is 6.42. The summed E-state index contributed by atoms with van der Waals surface area (Å²) in [5.74, 6) is 1.66. The van der Waals surface area contributed by atoms with Crippen molar-refractivity contribution in [3.63, 3.8) is 0 Å². The molecule has 1 aromatic carbocycles. The second-order valence-corrected chi connectivity index (χ2v) is 6.42. The Balaban J connectivity index is 2.17. The largest absolute Gasteiger partial charge is 0.486 e. The highest BCUT2D eigenvalue weighted by molar-refractivity contribution is 5.47. The maximum Gasteiger partial charge on any atom is 0.165 e. The minimum absolute atomic E-state index is 0.0235. The van der Waals surface area contributed by atoms with Gasteiger partial charge in [0.2, 0.25) is 0 Å². The Labute approximate surface area is 121 Å². The zero-order valence-corrected chi connectivity index (χ0v) is 12.8. The van der Waals surface area contributed by atoms with E-state index >= 15 is 0 Å². The number of ether oxygens (including phenoxy) is 2. The molecule has 4 nitrogen and oxygen atoms in total. The summed E-state index contributed by atoms with van der Waals surface area (Å²) in [6.45, 7) is 8.50. The smallest absolute Gasteiger partial charge is 0.165 e. The molecule has 1 aliphatic heterocycles. The molecule has 0 fully saturated rings. The van der Waals surface area contributed by atoms with Gasteiger partial charge in [0.15, 0.2) is 11.5 Å². The first-order valence-corrected chi connectivity index (χ1v) is 7.12. The molecule has 1 unspecified atom stereocenters. The van der Waals surface area contributed by atoms with Gasteiger partial charge in [-0.15, -0.1) is 0 Å². The van der Waals surface area contributed by atoms with Crippen LogP contribution in [0.3, 0.4) is 0 Å². The van der Waals surface area contributed by atoms with Crippen LogP contribution in [0.5, 0.6) is 11.5 Å². The summed E-state index contributed by atoms with van der Waals surface area (Å²) in [6.07, 6.45) is 0. The fourth-order valence-electron chi connectivity index (χ4n) is 2.71. The molecule has 20 heavy (non-hydrogen) atoms. The molecule has 0 aliphatic carbocycles. The number of aliphatic hydroxyl groups excluding tert-OH is 1. The van der Waals surface area contributed by atoms with Gasteiger partial charge < -0.3 is 14.6 Å². The monoisotopic (exact) mass is 279 g/mol. The van der Waals surface area contributed by atoms with Gasteiger partial charge in [-0.1, -0.05) is 32.9 Å². The summed E-state index contributed by atoms with van der Waals surface area (Å²) >= 11 is 0. The number of fused-ring (bicyclic) bond motifs is 1. The van der Waals surface area contributed by atoms with E-state index in [1.807, 2.05) is 19.2 Å². The molecule has 0 aromatic heterocycles. The Morgan fingerprint density at radius 2 is 1.95 bits per heavy atom. The lowest BCUT2D eigenvalue weighted by Crippen LogP contribution is -2.44. The molecular weight excluding hydrogens is 254 g/mol. The highest BCUT2D eigenvalue weighted by Crippen LogP contribution is 2.35. The molecule has 2 rings (SSSR count). The Morgan fingerprint density at radius 3 is 2.60 bits per heavy atom. The average Bonchev–Trinajstić information content (AvgIpc) is 2.38. The number of para-hydroxylation sites is 1. The first-order valence-electron chi connectivity index (χ1n) is 7.12. The van der Waals surface area contributed by atoms with E-state index in [9.17, 15) is 5.11 Å². The number of hydrogen-bond donors (Lipinski definition) is 1. The maximum atomic E-state index is 9.65. The van der Waals surface area contributed by atoms with Crippen molar-refractivity contribution in [3.05, 3.63) is 23.8 Å². The Bertz CT molecular complexity index is 454. The Morgan fingerprint density at radius 1 is 1.25 bits per heavy atom. The summed E-state index contributed by atoms with van der Waals surface area (Å²) in [4.78, 5) is 2.17. The predicted molar refractivity (Wildman–Crippen MR) is 79.2 cm³/mol. The van der Waals surface area contributed by atoms with Gasteiger partial charge >= 0.3 is 0 Å². The summed E-state index contributed by atoms with van der Waals surface area (Å²) < 4.78 is 11.3. The van der Waals surface area contributed by atoms with Gasteiger partial charge in [-0.05, 0) is 18.5 Å². The Kier molecular flexibility index (Phi) is 4.55. The second kappa shape index (κ2) is 6.02. The summed E-state index contributed by atoms with van der Waals surface area (Å²) in [7, 11) is 2.04. The standard InChI is InChI=1S/C16H25NO3/c1-16(2,3)14(11-18)17(4)10-12-6-5-7-13-15(12)20-9-8-19-13/h5-7,14,18H,8-11H2,1-4H3. The fraction of sp³-hybridized carbons (Fsp3) is 0.625. The van der Waals surface area contributed by atoms with Crippen molar-refractivity contribution in [2.45, 2.75) is 33.4 Å². The minimum atomic E-state index is 0.0235. The lowest BCUT2D eigenvalue weighted by molar-refractivity contribution is 0.0602. The van der Waals surface area contributed by atoms with Crippen molar-refractivity contribution in [1.82, 2.24) is 4.90 Å². The topological polar surface area (TPSA) is 41.9 Å². The van der Waals surface area contributed by atoms with Crippen LogP contribution in [0.4, 0.5) is 0 Å². The number of aliphatic hydroxyl groups is 1. The quantitative estimate of drug-likeness (QED) is 0.918. The third-order valence-electron chi connectivity index (χ3n) is 3.77. The fourth-order valence-corrected chi connectivity index (χ4v) is 2.71. The molecular formula is C16H25NO3. The van der Waals surface area contributed by atoms with Crippen LogP contribution in [0.1, 0.15) is 26.3 Å². The van der Waals surface area contributed by atoms with E-state index in [1.165, 1.54) is 0 Å². The van der Waals surface area contributed by atoms with Crippen LogP contribution in [0.2, 0.25) is 0 Å². The molecule has 1 atom stereocenters. The van der Waals surface area contributed by atoms with E-state index in [1.54, 1.807) is 0 Å². The molecule has 0 saturated heterocycles. The molecule has 1 N–H and O–H groups in total. The predicted octanol–water partition coefficient (Wildman–Crippen LogP) is 2.30. The minimum Gasteiger partial charge on any atom is -0.486 e. The number of nitrogens with zero attached hydrogens (tertiary/aromatic N) is 1. The van der Waals surface area contributed by atoms with Crippen LogP contribution in [-0.2, 0) is 6.54 Å². The average molecular weight is 279 g/mol. The normalized spacial score (nSPS) is 16.3. The highest BCUT2D eigenvalue weighted by Gasteiger charge is 2.28. The molecule has 1 heterocycles. The van der Waals surface area contributed by atoms with Gasteiger partial charge in [-0.3, -0.25) is 4.90 Å². The number of likely N-dealkylation sites (N-methyl/N-ethyl adjacent to an activating group) is 1. The highest BCUT2D eigenvalue weighted by atomic mass is 16.6. The van der Waals surface area contributed by atoms with Gasteiger partial charge in [-0.2, -0.15) is 0 Å². The van der Waals surface area contributed by atoms with Crippen LogP contribution >= 0.6 is 0 Å². The van der Waals surface area contributed by atoms with Crippen LogP contribution in [0.15, 0.2) is 18.2 Å². The molecule has 1 aromatic rings. The first-order chi connectivity index (χ1) is 9.43. The van der Waals surface area contributed by atoms with Gasteiger partial charge in [-0.25, -0.2) is 0 Å². The zero-order chi connectivity index (χ0) is 14.8. The third kappa shape index (κ3) is 3.25. The van der Waals surface area contributed by atoms with Gasteiger partial charge in [0.25, 0.3) is 0 Å². The Hall–Kier alpha value is -1.26. The van der Waals surface area contributed by atoms with E-state index in [-0.39, 0.29) is 18.1 Å². The van der Waals surface area contributed by atoms with Crippen LogP contribution < -0.4 is 9.47 Å². The van der Waals surface area contributed by atoms with Crippen LogP contribution in [0, 0.1) is 5.41 Å². The zero-order valence-electron chi connectivity index (χ0n) is 12.8. The first kappa shape index (κ1) is 15.1. The van der Waals surface area contributed by atoms with Crippen molar-refractivity contribution >= 4 is 0 Å². The van der Waals surface area contributed by atoms with Crippen LogP contribution in [0.25, 0.3) is 0 Å². The van der Waals surface area contributed by atoms with Gasteiger partial charge in [0.05, 0.1) is 6.61 Å². The molecule has 1 aliphatic rings. The van der Waals surface area contributed by atoms with Crippen molar-refractivity contribution in [3.8, 4) is 11.5 Å². The third-order valence-corrected chi connectivity index (χ3v) is 3.77. The lowest BCUT2D eigenvalue weighted by Gasteiger charge is -2.37.